The molecule has 0 amide bonds. The standard InChI is InChI=1S/C16H22ClNO2/c1-10(2)12-5-3-4-6-15(12)18-11-7-8-13(16(19)20)14(17)9-11/h7-10,12,15,18H,3-6H2,1-2H3,(H,19,20). The number of anilines is 1. The molecule has 0 heterocycles. The molecule has 0 aromatic heterocycles. The van der Waals surface area contributed by atoms with Crippen LogP contribution in [-0.2, 0) is 0 Å². The van der Waals surface area contributed by atoms with Gasteiger partial charge in [-0.2, -0.15) is 0 Å². The number of rotatable bonds is 4. The molecule has 1 fully saturated rings. The largest absolute Gasteiger partial charge is 0.478 e. The summed E-state index contributed by atoms with van der Waals surface area (Å²) in [5, 5.41) is 12.8. The number of carbonyl (C=O) groups is 1. The molecule has 1 saturated carbocycles. The Hall–Kier alpha value is -1.22. The predicted octanol–water partition coefficient (Wildman–Crippen LogP) is 4.66. The van der Waals surface area contributed by atoms with Crippen molar-refractivity contribution in [1.29, 1.82) is 0 Å². The highest BCUT2D eigenvalue weighted by molar-refractivity contribution is 6.33. The van der Waals surface area contributed by atoms with Crippen LogP contribution in [0.15, 0.2) is 18.2 Å². The number of carboxylic acids is 1. The van der Waals surface area contributed by atoms with Gasteiger partial charge in [0.15, 0.2) is 0 Å². The minimum Gasteiger partial charge on any atom is -0.478 e. The molecule has 0 aliphatic heterocycles. The lowest BCUT2D eigenvalue weighted by Gasteiger charge is -2.35. The molecule has 2 atom stereocenters. The van der Waals surface area contributed by atoms with Gasteiger partial charge in [0.05, 0.1) is 10.6 Å². The number of hydrogen-bond acceptors (Lipinski definition) is 2. The summed E-state index contributed by atoms with van der Waals surface area (Å²) in [4.78, 5) is 11.0. The van der Waals surface area contributed by atoms with Gasteiger partial charge < -0.3 is 10.4 Å². The average molecular weight is 296 g/mol. The molecule has 4 heteroatoms. The summed E-state index contributed by atoms with van der Waals surface area (Å²) in [7, 11) is 0. The van der Waals surface area contributed by atoms with Gasteiger partial charge in [-0.25, -0.2) is 4.79 Å². The third-order valence-electron chi connectivity index (χ3n) is 4.23. The van der Waals surface area contributed by atoms with E-state index in [2.05, 4.69) is 19.2 Å². The Morgan fingerprint density at radius 2 is 2.05 bits per heavy atom. The van der Waals surface area contributed by atoms with Crippen LogP contribution in [0.5, 0.6) is 0 Å². The summed E-state index contributed by atoms with van der Waals surface area (Å²) in [6, 6.07) is 5.55. The number of halogens is 1. The van der Waals surface area contributed by atoms with Gasteiger partial charge in [0.1, 0.15) is 0 Å². The second-order valence-electron chi connectivity index (χ2n) is 5.94. The summed E-state index contributed by atoms with van der Waals surface area (Å²) in [6.07, 6.45) is 4.99. The van der Waals surface area contributed by atoms with Crippen molar-refractivity contribution in [3.63, 3.8) is 0 Å². The fraction of sp³-hybridized carbons (Fsp3) is 0.562. The second kappa shape index (κ2) is 6.49. The van der Waals surface area contributed by atoms with Gasteiger partial charge in [-0.15, -0.1) is 0 Å². The highest BCUT2D eigenvalue weighted by Gasteiger charge is 2.27. The molecule has 2 unspecified atom stereocenters. The quantitative estimate of drug-likeness (QED) is 0.849. The Morgan fingerprint density at radius 3 is 2.65 bits per heavy atom. The molecule has 2 N–H and O–H groups in total. The molecule has 110 valence electrons. The molecule has 0 bridgehead atoms. The molecule has 0 saturated heterocycles. The van der Waals surface area contributed by atoms with Crippen LogP contribution >= 0.6 is 11.6 Å². The summed E-state index contributed by atoms with van der Waals surface area (Å²) in [5.74, 6) is 0.336. The highest BCUT2D eigenvalue weighted by Crippen LogP contribution is 2.33. The van der Waals surface area contributed by atoms with Crippen LogP contribution < -0.4 is 5.32 Å². The van der Waals surface area contributed by atoms with Gasteiger partial charge in [-0.1, -0.05) is 38.3 Å². The number of hydrogen-bond donors (Lipinski definition) is 2. The van der Waals surface area contributed by atoms with Crippen molar-refractivity contribution in [3.05, 3.63) is 28.8 Å². The van der Waals surface area contributed by atoms with Gasteiger partial charge in [0, 0.05) is 11.7 Å². The Labute approximate surface area is 125 Å². The van der Waals surface area contributed by atoms with E-state index in [0.29, 0.717) is 22.9 Å². The highest BCUT2D eigenvalue weighted by atomic mass is 35.5. The molecule has 1 aliphatic carbocycles. The van der Waals surface area contributed by atoms with Crippen LogP contribution in [0, 0.1) is 11.8 Å². The summed E-state index contributed by atoms with van der Waals surface area (Å²) < 4.78 is 0. The Balaban J connectivity index is 2.12. The SMILES string of the molecule is CC(C)C1CCCCC1Nc1ccc(C(=O)O)c(Cl)c1. The molecule has 0 spiro atoms. The number of benzene rings is 1. The zero-order chi connectivity index (χ0) is 14.7. The fourth-order valence-corrected chi connectivity index (χ4v) is 3.39. The molecular weight excluding hydrogens is 274 g/mol. The minimum absolute atomic E-state index is 0.154. The van der Waals surface area contributed by atoms with Crippen molar-refractivity contribution < 1.29 is 9.90 Å². The van der Waals surface area contributed by atoms with Crippen LogP contribution in [0.3, 0.4) is 0 Å². The number of aromatic carboxylic acids is 1. The molecule has 0 radical (unpaired) electrons. The third-order valence-corrected chi connectivity index (χ3v) is 4.54. The van der Waals surface area contributed by atoms with Crippen molar-refractivity contribution in [1.82, 2.24) is 0 Å². The van der Waals surface area contributed by atoms with E-state index < -0.39 is 5.97 Å². The maximum atomic E-state index is 11.0. The third kappa shape index (κ3) is 3.45. The van der Waals surface area contributed by atoms with Crippen LogP contribution in [0.1, 0.15) is 49.9 Å². The first-order chi connectivity index (χ1) is 9.49. The van der Waals surface area contributed by atoms with Crippen molar-refractivity contribution in [2.24, 2.45) is 11.8 Å². The van der Waals surface area contributed by atoms with Gasteiger partial charge in [0.2, 0.25) is 0 Å². The van der Waals surface area contributed by atoms with E-state index in [9.17, 15) is 4.79 Å². The smallest absolute Gasteiger partial charge is 0.337 e. The number of nitrogens with one attached hydrogen (secondary N) is 1. The molecule has 1 aromatic rings. The topological polar surface area (TPSA) is 49.3 Å². The molecule has 1 aromatic carbocycles. The van der Waals surface area contributed by atoms with Crippen molar-refractivity contribution >= 4 is 23.3 Å². The van der Waals surface area contributed by atoms with Crippen LogP contribution in [-0.4, -0.2) is 17.1 Å². The first-order valence-electron chi connectivity index (χ1n) is 7.28. The monoisotopic (exact) mass is 295 g/mol. The van der Waals surface area contributed by atoms with Gasteiger partial charge >= 0.3 is 5.97 Å². The minimum atomic E-state index is -0.987. The van der Waals surface area contributed by atoms with Crippen molar-refractivity contribution in [2.45, 2.75) is 45.6 Å². The van der Waals surface area contributed by atoms with E-state index in [1.54, 1.807) is 18.2 Å². The first kappa shape index (κ1) is 15.2. The predicted molar refractivity (Wildman–Crippen MR) is 82.6 cm³/mol. The molecular formula is C16H22ClNO2. The van der Waals surface area contributed by atoms with E-state index >= 15 is 0 Å². The van der Waals surface area contributed by atoms with Crippen LogP contribution in [0.25, 0.3) is 0 Å². The Kier molecular flexibility index (Phi) is 4.92. The first-order valence-corrected chi connectivity index (χ1v) is 7.66. The van der Waals surface area contributed by atoms with Gasteiger partial charge in [-0.05, 0) is 42.9 Å². The molecule has 1 aliphatic rings. The van der Waals surface area contributed by atoms with E-state index in [-0.39, 0.29) is 5.56 Å². The van der Waals surface area contributed by atoms with E-state index in [1.165, 1.54) is 25.7 Å². The van der Waals surface area contributed by atoms with Gasteiger partial charge in [0.25, 0.3) is 0 Å². The maximum Gasteiger partial charge on any atom is 0.337 e. The normalized spacial score (nSPS) is 22.8. The zero-order valence-electron chi connectivity index (χ0n) is 12.0. The van der Waals surface area contributed by atoms with E-state index in [1.807, 2.05) is 0 Å². The Morgan fingerprint density at radius 1 is 1.35 bits per heavy atom. The van der Waals surface area contributed by atoms with E-state index in [0.717, 1.165) is 5.69 Å². The van der Waals surface area contributed by atoms with Crippen LogP contribution in [0.4, 0.5) is 5.69 Å². The maximum absolute atomic E-state index is 11.0. The molecule has 3 nitrogen and oxygen atoms in total. The van der Waals surface area contributed by atoms with Crippen molar-refractivity contribution in [2.75, 3.05) is 5.32 Å². The van der Waals surface area contributed by atoms with E-state index in [4.69, 9.17) is 16.7 Å². The summed E-state index contributed by atoms with van der Waals surface area (Å²) in [6.45, 7) is 4.54. The van der Waals surface area contributed by atoms with Gasteiger partial charge in [-0.3, -0.25) is 0 Å². The lowest BCUT2D eigenvalue weighted by molar-refractivity contribution is 0.0697. The lowest BCUT2D eigenvalue weighted by Crippen LogP contribution is -2.35. The van der Waals surface area contributed by atoms with Crippen molar-refractivity contribution in [3.8, 4) is 0 Å². The summed E-state index contributed by atoms with van der Waals surface area (Å²) in [5.41, 5.74) is 1.07. The fourth-order valence-electron chi connectivity index (χ4n) is 3.13. The summed E-state index contributed by atoms with van der Waals surface area (Å²) >= 11 is 6.02. The lowest BCUT2D eigenvalue weighted by atomic mass is 9.78. The van der Waals surface area contributed by atoms with Crippen LogP contribution in [0.2, 0.25) is 5.02 Å². The second-order valence-corrected chi connectivity index (χ2v) is 6.35. The average Bonchev–Trinajstić information content (AvgIpc) is 2.38. The molecule has 20 heavy (non-hydrogen) atoms. The zero-order valence-corrected chi connectivity index (χ0v) is 12.8. The number of carboxylic acid groups (broad SMARTS) is 1. The molecule has 2 rings (SSSR count). The Bertz CT molecular complexity index is 487.